The van der Waals surface area contributed by atoms with Gasteiger partial charge in [0.1, 0.15) is 0 Å². The maximum absolute atomic E-state index is 12.6. The third-order valence-electron chi connectivity index (χ3n) is 5.08. The standard InChI is InChI=1S/C20H29N5O3S/c1-22(2)20(28)25-8-6-23(7-9-25)15-18(26)21-17-5-3-4-16(14-17)19(27)24-10-12-29-13-11-24/h3-5,14H,6-13,15H2,1-2H3,(H,21,26). The summed E-state index contributed by atoms with van der Waals surface area (Å²) in [4.78, 5) is 44.4. The molecule has 1 N–H and O–H groups in total. The average molecular weight is 420 g/mol. The van der Waals surface area contributed by atoms with Crippen LogP contribution in [0.15, 0.2) is 24.3 Å². The topological polar surface area (TPSA) is 76.2 Å². The lowest BCUT2D eigenvalue weighted by Gasteiger charge is -2.35. The van der Waals surface area contributed by atoms with Gasteiger partial charge in [-0.25, -0.2) is 4.79 Å². The minimum Gasteiger partial charge on any atom is -0.337 e. The van der Waals surface area contributed by atoms with Gasteiger partial charge in [0.05, 0.1) is 6.54 Å². The van der Waals surface area contributed by atoms with Crippen LogP contribution < -0.4 is 5.32 Å². The second kappa shape index (κ2) is 9.98. The molecule has 0 aromatic heterocycles. The van der Waals surface area contributed by atoms with Crippen LogP contribution in [0.5, 0.6) is 0 Å². The Kier molecular flexibility index (Phi) is 7.38. The van der Waals surface area contributed by atoms with Crippen LogP contribution in [0.2, 0.25) is 0 Å². The molecular weight excluding hydrogens is 390 g/mol. The summed E-state index contributed by atoms with van der Waals surface area (Å²) in [6, 6.07) is 7.14. The first kappa shape index (κ1) is 21.4. The van der Waals surface area contributed by atoms with E-state index in [-0.39, 0.29) is 24.4 Å². The Morgan fingerprint density at radius 1 is 1.00 bits per heavy atom. The molecule has 3 rings (SSSR count). The maximum Gasteiger partial charge on any atom is 0.319 e. The molecule has 0 spiro atoms. The number of hydrogen-bond donors (Lipinski definition) is 1. The van der Waals surface area contributed by atoms with Crippen molar-refractivity contribution in [3.05, 3.63) is 29.8 Å². The number of rotatable bonds is 4. The Balaban J connectivity index is 1.50. The van der Waals surface area contributed by atoms with Crippen LogP contribution in [0.4, 0.5) is 10.5 Å². The molecule has 2 aliphatic rings. The van der Waals surface area contributed by atoms with Gasteiger partial charge in [0.2, 0.25) is 5.91 Å². The number of nitrogens with zero attached hydrogens (tertiary/aromatic N) is 4. The highest BCUT2D eigenvalue weighted by Gasteiger charge is 2.23. The number of thioether (sulfide) groups is 1. The minimum absolute atomic E-state index is 0.00267. The zero-order chi connectivity index (χ0) is 20.8. The second-order valence-electron chi connectivity index (χ2n) is 7.47. The van der Waals surface area contributed by atoms with Gasteiger partial charge in [0.15, 0.2) is 0 Å². The second-order valence-corrected chi connectivity index (χ2v) is 8.70. The third-order valence-corrected chi connectivity index (χ3v) is 6.03. The zero-order valence-electron chi connectivity index (χ0n) is 17.1. The van der Waals surface area contributed by atoms with Gasteiger partial charge in [-0.15, -0.1) is 0 Å². The van der Waals surface area contributed by atoms with Gasteiger partial charge in [0, 0.05) is 76.1 Å². The summed E-state index contributed by atoms with van der Waals surface area (Å²) >= 11 is 1.86. The molecule has 0 unspecified atom stereocenters. The van der Waals surface area contributed by atoms with E-state index in [0.29, 0.717) is 37.4 Å². The minimum atomic E-state index is -0.114. The first-order chi connectivity index (χ1) is 13.9. The molecule has 0 atom stereocenters. The molecule has 2 aliphatic heterocycles. The Morgan fingerprint density at radius 3 is 2.34 bits per heavy atom. The molecule has 29 heavy (non-hydrogen) atoms. The smallest absolute Gasteiger partial charge is 0.319 e. The fraction of sp³-hybridized carbons (Fsp3) is 0.550. The third kappa shape index (κ3) is 5.86. The normalized spacial score (nSPS) is 17.7. The van der Waals surface area contributed by atoms with Crippen molar-refractivity contribution in [2.24, 2.45) is 0 Å². The van der Waals surface area contributed by atoms with E-state index in [1.165, 1.54) is 0 Å². The van der Waals surface area contributed by atoms with E-state index in [9.17, 15) is 14.4 Å². The Bertz CT molecular complexity index is 743. The summed E-state index contributed by atoms with van der Waals surface area (Å²) in [6.07, 6.45) is 0. The molecule has 2 saturated heterocycles. The van der Waals surface area contributed by atoms with Crippen LogP contribution in [-0.4, -0.2) is 109 Å². The fourth-order valence-electron chi connectivity index (χ4n) is 3.46. The molecule has 0 aliphatic carbocycles. The first-order valence-electron chi connectivity index (χ1n) is 9.89. The van der Waals surface area contributed by atoms with Crippen LogP contribution in [0.25, 0.3) is 0 Å². The number of urea groups is 1. The number of hydrogen-bond acceptors (Lipinski definition) is 5. The van der Waals surface area contributed by atoms with E-state index < -0.39 is 0 Å². The Labute approximate surface area is 176 Å². The summed E-state index contributed by atoms with van der Waals surface area (Å²) in [5.41, 5.74) is 1.24. The van der Waals surface area contributed by atoms with Crippen LogP contribution in [0.1, 0.15) is 10.4 Å². The fourth-order valence-corrected chi connectivity index (χ4v) is 4.37. The van der Waals surface area contributed by atoms with E-state index in [1.807, 2.05) is 21.6 Å². The van der Waals surface area contributed by atoms with E-state index in [1.54, 1.807) is 48.2 Å². The number of carbonyl (C=O) groups excluding carboxylic acids is 3. The lowest BCUT2D eigenvalue weighted by molar-refractivity contribution is -0.117. The molecule has 158 valence electrons. The molecule has 0 saturated carbocycles. The molecule has 0 radical (unpaired) electrons. The van der Waals surface area contributed by atoms with E-state index in [4.69, 9.17) is 0 Å². The van der Waals surface area contributed by atoms with Crippen molar-refractivity contribution >= 4 is 35.3 Å². The zero-order valence-corrected chi connectivity index (χ0v) is 17.9. The highest BCUT2D eigenvalue weighted by Crippen LogP contribution is 2.16. The van der Waals surface area contributed by atoms with Crippen LogP contribution in [0, 0.1) is 0 Å². The van der Waals surface area contributed by atoms with Crippen molar-refractivity contribution in [1.82, 2.24) is 19.6 Å². The predicted octanol–water partition coefficient (Wildman–Crippen LogP) is 1.11. The maximum atomic E-state index is 12.6. The summed E-state index contributed by atoms with van der Waals surface area (Å²) in [7, 11) is 3.48. The molecule has 1 aromatic rings. The van der Waals surface area contributed by atoms with Gasteiger partial charge in [-0.05, 0) is 18.2 Å². The summed E-state index contributed by atoms with van der Waals surface area (Å²) in [6.45, 7) is 4.36. The molecular formula is C20H29N5O3S. The van der Waals surface area contributed by atoms with Crippen molar-refractivity contribution in [3.63, 3.8) is 0 Å². The van der Waals surface area contributed by atoms with Gasteiger partial charge in [0.25, 0.3) is 5.91 Å². The Hall–Kier alpha value is -2.26. The van der Waals surface area contributed by atoms with Gasteiger partial charge in [-0.2, -0.15) is 11.8 Å². The molecule has 1 aromatic carbocycles. The van der Waals surface area contributed by atoms with Crippen molar-refractivity contribution in [3.8, 4) is 0 Å². The number of amides is 4. The van der Waals surface area contributed by atoms with Crippen LogP contribution in [0.3, 0.4) is 0 Å². The molecule has 8 nitrogen and oxygen atoms in total. The highest BCUT2D eigenvalue weighted by molar-refractivity contribution is 7.99. The Morgan fingerprint density at radius 2 is 1.69 bits per heavy atom. The molecule has 9 heteroatoms. The predicted molar refractivity (Wildman–Crippen MR) is 115 cm³/mol. The van der Waals surface area contributed by atoms with Crippen molar-refractivity contribution in [2.75, 3.05) is 76.7 Å². The summed E-state index contributed by atoms with van der Waals surface area (Å²) < 4.78 is 0. The SMILES string of the molecule is CN(C)C(=O)N1CCN(CC(=O)Nc2cccc(C(=O)N3CCSCC3)c2)CC1. The quantitative estimate of drug-likeness (QED) is 0.791. The number of piperazine rings is 1. The molecule has 2 heterocycles. The lowest BCUT2D eigenvalue weighted by Crippen LogP contribution is -2.52. The monoisotopic (exact) mass is 419 g/mol. The van der Waals surface area contributed by atoms with E-state index in [0.717, 1.165) is 24.6 Å². The number of nitrogens with one attached hydrogen (secondary N) is 1. The molecule has 4 amide bonds. The highest BCUT2D eigenvalue weighted by atomic mass is 32.2. The average Bonchev–Trinajstić information content (AvgIpc) is 2.74. The first-order valence-corrected chi connectivity index (χ1v) is 11.0. The van der Waals surface area contributed by atoms with Gasteiger partial charge < -0.3 is 20.0 Å². The van der Waals surface area contributed by atoms with Crippen LogP contribution in [-0.2, 0) is 4.79 Å². The molecule has 2 fully saturated rings. The number of benzene rings is 1. The largest absolute Gasteiger partial charge is 0.337 e. The number of anilines is 1. The van der Waals surface area contributed by atoms with Crippen molar-refractivity contribution in [1.29, 1.82) is 0 Å². The van der Waals surface area contributed by atoms with E-state index >= 15 is 0 Å². The molecule has 0 bridgehead atoms. The summed E-state index contributed by atoms with van der Waals surface area (Å²) in [5.74, 6) is 1.84. The van der Waals surface area contributed by atoms with E-state index in [2.05, 4.69) is 5.32 Å². The van der Waals surface area contributed by atoms with Crippen LogP contribution >= 0.6 is 11.8 Å². The van der Waals surface area contributed by atoms with Crippen molar-refractivity contribution < 1.29 is 14.4 Å². The van der Waals surface area contributed by atoms with Crippen molar-refractivity contribution in [2.45, 2.75) is 0 Å². The number of carbonyl (C=O) groups is 3. The van der Waals surface area contributed by atoms with Gasteiger partial charge in [-0.1, -0.05) is 6.07 Å². The van der Waals surface area contributed by atoms with Gasteiger partial charge in [-0.3, -0.25) is 14.5 Å². The summed E-state index contributed by atoms with van der Waals surface area (Å²) in [5, 5.41) is 2.90. The lowest BCUT2D eigenvalue weighted by atomic mass is 10.1. The van der Waals surface area contributed by atoms with Gasteiger partial charge >= 0.3 is 6.03 Å².